The van der Waals surface area contributed by atoms with Gasteiger partial charge < -0.3 is 19.7 Å². The number of fused-ring (bicyclic) bond motifs is 1. The molecule has 2 unspecified atom stereocenters. The van der Waals surface area contributed by atoms with Crippen molar-refractivity contribution in [1.29, 1.82) is 0 Å². The molecule has 0 spiro atoms. The number of methoxy groups -OCH3 is 1. The van der Waals surface area contributed by atoms with Gasteiger partial charge in [0.1, 0.15) is 23.2 Å². The van der Waals surface area contributed by atoms with Crippen LogP contribution in [0.15, 0.2) is 30.3 Å². The summed E-state index contributed by atoms with van der Waals surface area (Å²) in [6.07, 6.45) is 0. The van der Waals surface area contributed by atoms with Crippen LogP contribution >= 0.6 is 11.8 Å². The summed E-state index contributed by atoms with van der Waals surface area (Å²) in [5.74, 6) is -0.538. The number of nitrogens with zero attached hydrogens (tertiary/aromatic N) is 1. The number of hydrogen-bond acceptors (Lipinski definition) is 6. The number of carbonyl (C=O) groups is 3. The number of rotatable bonds is 5. The molecule has 27 heavy (non-hydrogen) atoms. The van der Waals surface area contributed by atoms with E-state index in [0.717, 1.165) is 0 Å². The molecule has 1 aromatic carbocycles. The van der Waals surface area contributed by atoms with Crippen LogP contribution < -0.4 is 10.1 Å². The van der Waals surface area contributed by atoms with E-state index < -0.39 is 28.4 Å². The van der Waals surface area contributed by atoms with E-state index in [4.69, 9.17) is 9.47 Å². The summed E-state index contributed by atoms with van der Waals surface area (Å²) < 4.78 is 10.1. The van der Waals surface area contributed by atoms with E-state index in [1.54, 1.807) is 26.0 Å². The van der Waals surface area contributed by atoms with Gasteiger partial charge in [-0.05, 0) is 39.8 Å². The summed E-state index contributed by atoms with van der Waals surface area (Å²) in [7, 11) is 1.31. The Morgan fingerprint density at radius 3 is 2.44 bits per heavy atom. The standard InChI is InChI=1S/C19H24N2O5S/c1-18(2,26-11-9-7-6-8-10-11)17(24)20-12-14(22)21-13(16(23)25-5)19(3,4)27-15(12)21/h6-10,12-13,15H,1-5H3,(H,20,24)/t12?,13?,15-/m1/s1. The van der Waals surface area contributed by atoms with Crippen molar-refractivity contribution >= 4 is 29.5 Å². The van der Waals surface area contributed by atoms with Crippen molar-refractivity contribution in [2.75, 3.05) is 7.11 Å². The summed E-state index contributed by atoms with van der Waals surface area (Å²) in [5.41, 5.74) is -1.15. The maximum absolute atomic E-state index is 12.7. The Balaban J connectivity index is 1.70. The highest BCUT2D eigenvalue weighted by molar-refractivity contribution is 8.01. The summed E-state index contributed by atoms with van der Waals surface area (Å²) in [4.78, 5) is 39.0. The largest absolute Gasteiger partial charge is 0.478 e. The van der Waals surface area contributed by atoms with Gasteiger partial charge in [0.25, 0.3) is 5.91 Å². The number of thioether (sulfide) groups is 1. The number of hydrogen-bond donors (Lipinski definition) is 1. The minimum absolute atomic E-state index is 0.280. The number of amides is 2. The zero-order chi connectivity index (χ0) is 20.0. The van der Waals surface area contributed by atoms with Crippen LogP contribution in [0.1, 0.15) is 27.7 Å². The summed E-state index contributed by atoms with van der Waals surface area (Å²) in [6, 6.07) is 7.69. The second kappa shape index (κ2) is 6.74. The van der Waals surface area contributed by atoms with E-state index in [-0.39, 0.29) is 17.2 Å². The van der Waals surface area contributed by atoms with Gasteiger partial charge in [0, 0.05) is 4.75 Å². The highest BCUT2D eigenvalue weighted by atomic mass is 32.2. The molecule has 2 amide bonds. The molecule has 8 heteroatoms. The van der Waals surface area contributed by atoms with E-state index in [2.05, 4.69) is 5.32 Å². The fourth-order valence-corrected chi connectivity index (χ4v) is 5.00. The normalized spacial score (nSPS) is 26.0. The van der Waals surface area contributed by atoms with Crippen LogP contribution in [-0.4, -0.2) is 57.6 Å². The summed E-state index contributed by atoms with van der Waals surface area (Å²) >= 11 is 1.49. The van der Waals surface area contributed by atoms with Gasteiger partial charge in [0.2, 0.25) is 5.91 Å². The Labute approximate surface area is 162 Å². The van der Waals surface area contributed by atoms with Gasteiger partial charge in [-0.1, -0.05) is 18.2 Å². The minimum Gasteiger partial charge on any atom is -0.478 e. The first-order chi connectivity index (χ1) is 12.6. The zero-order valence-electron chi connectivity index (χ0n) is 16.0. The molecule has 1 N–H and O–H groups in total. The van der Waals surface area contributed by atoms with Crippen LogP contribution in [-0.2, 0) is 19.1 Å². The molecular weight excluding hydrogens is 368 g/mol. The Morgan fingerprint density at radius 2 is 1.85 bits per heavy atom. The molecule has 146 valence electrons. The SMILES string of the molecule is COC(=O)C1N2C(=O)C(NC(=O)C(C)(C)Oc3ccccc3)[C@H]2SC1(C)C. The monoisotopic (exact) mass is 392 g/mol. The molecule has 2 fully saturated rings. The number of carbonyl (C=O) groups excluding carboxylic acids is 3. The average molecular weight is 392 g/mol. The lowest BCUT2D eigenvalue weighted by Crippen LogP contribution is -2.72. The van der Waals surface area contributed by atoms with E-state index in [1.807, 2.05) is 32.0 Å². The molecule has 2 aliphatic heterocycles. The third-order valence-corrected chi connectivity index (χ3v) is 6.39. The number of esters is 1. The lowest BCUT2D eigenvalue weighted by atomic mass is 9.95. The lowest BCUT2D eigenvalue weighted by Gasteiger charge is -2.44. The number of β-lactam (4-membered cyclic amide) rings is 1. The fraction of sp³-hybridized carbons (Fsp3) is 0.526. The third kappa shape index (κ3) is 3.38. The maximum atomic E-state index is 12.7. The summed E-state index contributed by atoms with van der Waals surface area (Å²) in [6.45, 7) is 7.09. The third-order valence-electron chi connectivity index (χ3n) is 4.82. The second-order valence-electron chi connectivity index (χ2n) is 7.66. The highest BCUT2D eigenvalue weighted by Gasteiger charge is 2.64. The van der Waals surface area contributed by atoms with E-state index in [9.17, 15) is 14.4 Å². The van der Waals surface area contributed by atoms with Gasteiger partial charge in [-0.2, -0.15) is 0 Å². The first kappa shape index (κ1) is 19.5. The van der Waals surface area contributed by atoms with Crippen LogP contribution in [0, 0.1) is 0 Å². The molecule has 0 saturated carbocycles. The molecule has 2 saturated heterocycles. The van der Waals surface area contributed by atoms with Crippen LogP contribution in [0.25, 0.3) is 0 Å². The number of ether oxygens (including phenoxy) is 2. The Morgan fingerprint density at radius 1 is 1.22 bits per heavy atom. The van der Waals surface area contributed by atoms with Gasteiger partial charge in [-0.15, -0.1) is 11.8 Å². The predicted molar refractivity (Wildman–Crippen MR) is 101 cm³/mol. The molecular formula is C19H24N2O5S. The molecule has 0 aliphatic carbocycles. The highest BCUT2D eigenvalue weighted by Crippen LogP contribution is 2.51. The van der Waals surface area contributed by atoms with Gasteiger partial charge >= 0.3 is 5.97 Å². The van der Waals surface area contributed by atoms with Gasteiger partial charge in [-0.25, -0.2) is 4.79 Å². The van der Waals surface area contributed by atoms with Crippen molar-refractivity contribution in [3.8, 4) is 5.75 Å². The first-order valence-corrected chi connectivity index (χ1v) is 9.59. The van der Waals surface area contributed by atoms with Crippen molar-refractivity contribution in [3.05, 3.63) is 30.3 Å². The molecule has 0 radical (unpaired) electrons. The van der Waals surface area contributed by atoms with E-state index in [1.165, 1.54) is 23.8 Å². The fourth-order valence-electron chi connectivity index (χ4n) is 3.38. The van der Waals surface area contributed by atoms with Crippen molar-refractivity contribution in [1.82, 2.24) is 10.2 Å². The van der Waals surface area contributed by atoms with E-state index >= 15 is 0 Å². The van der Waals surface area contributed by atoms with Crippen molar-refractivity contribution in [2.24, 2.45) is 0 Å². The number of benzene rings is 1. The Hall–Kier alpha value is -2.22. The number of para-hydroxylation sites is 1. The van der Waals surface area contributed by atoms with Gasteiger partial charge in [0.05, 0.1) is 7.11 Å². The van der Waals surface area contributed by atoms with Gasteiger partial charge in [-0.3, -0.25) is 9.59 Å². The van der Waals surface area contributed by atoms with Crippen molar-refractivity contribution < 1.29 is 23.9 Å². The Kier molecular flexibility index (Phi) is 4.88. The smallest absolute Gasteiger partial charge is 0.330 e. The van der Waals surface area contributed by atoms with Crippen molar-refractivity contribution in [3.63, 3.8) is 0 Å². The second-order valence-corrected chi connectivity index (χ2v) is 9.43. The maximum Gasteiger partial charge on any atom is 0.330 e. The zero-order valence-corrected chi connectivity index (χ0v) is 16.8. The number of nitrogens with one attached hydrogen (secondary N) is 1. The van der Waals surface area contributed by atoms with E-state index in [0.29, 0.717) is 5.75 Å². The molecule has 7 nitrogen and oxygen atoms in total. The lowest BCUT2D eigenvalue weighted by molar-refractivity contribution is -0.163. The first-order valence-electron chi connectivity index (χ1n) is 8.71. The van der Waals surface area contributed by atoms with Crippen LogP contribution in [0.4, 0.5) is 0 Å². The summed E-state index contributed by atoms with van der Waals surface area (Å²) in [5, 5.41) is 2.49. The molecule has 0 aromatic heterocycles. The molecule has 1 aromatic rings. The predicted octanol–water partition coefficient (Wildman–Crippen LogP) is 1.56. The average Bonchev–Trinajstić information content (AvgIpc) is 2.87. The van der Waals surface area contributed by atoms with Crippen LogP contribution in [0.3, 0.4) is 0 Å². The molecule has 3 atom stereocenters. The van der Waals surface area contributed by atoms with Crippen LogP contribution in [0.5, 0.6) is 5.75 Å². The van der Waals surface area contributed by atoms with Crippen molar-refractivity contribution in [2.45, 2.75) is 55.5 Å². The molecule has 2 heterocycles. The van der Waals surface area contributed by atoms with Gasteiger partial charge in [0.15, 0.2) is 5.60 Å². The topological polar surface area (TPSA) is 84.9 Å². The molecule has 3 rings (SSSR count). The Bertz CT molecular complexity index is 765. The molecule has 2 aliphatic rings. The minimum atomic E-state index is -1.15. The molecule has 0 bridgehead atoms. The van der Waals surface area contributed by atoms with Crippen LogP contribution in [0.2, 0.25) is 0 Å². The quantitative estimate of drug-likeness (QED) is 0.605.